The van der Waals surface area contributed by atoms with Crippen LogP contribution in [-0.4, -0.2) is 22.5 Å². The van der Waals surface area contributed by atoms with E-state index in [9.17, 15) is 0 Å². The molecule has 1 aromatic heterocycles. The summed E-state index contributed by atoms with van der Waals surface area (Å²) in [6, 6.07) is -0.101. The van der Waals surface area contributed by atoms with Crippen molar-refractivity contribution in [2.75, 3.05) is 6.61 Å². The van der Waals surface area contributed by atoms with Crippen LogP contribution in [0.5, 0.6) is 0 Å². The van der Waals surface area contributed by atoms with Gasteiger partial charge in [0.25, 0.3) is 0 Å². The molecule has 0 radical (unpaired) electrons. The summed E-state index contributed by atoms with van der Waals surface area (Å²) >= 11 is 3.54. The van der Waals surface area contributed by atoms with E-state index >= 15 is 0 Å². The lowest BCUT2D eigenvalue weighted by molar-refractivity contribution is 0.0698. The minimum absolute atomic E-state index is 0.101. The first-order valence-electron chi connectivity index (χ1n) is 6.23. The number of aromatic nitrogens is 2. The number of rotatable bonds is 4. The van der Waals surface area contributed by atoms with E-state index in [2.05, 4.69) is 34.9 Å². The smallest absolute Gasteiger partial charge is 0.0809 e. The van der Waals surface area contributed by atoms with Gasteiger partial charge in [-0.05, 0) is 34.7 Å². The van der Waals surface area contributed by atoms with E-state index < -0.39 is 0 Å². The van der Waals surface area contributed by atoms with Crippen molar-refractivity contribution in [2.45, 2.75) is 45.4 Å². The standard InChI is InChI=1S/C12H20BrN3O/c1-3-5-16-11(9(13)7-15-16)10(14)12-8(2)4-6-17-12/h7-8,10,12H,3-6,14H2,1-2H3. The summed E-state index contributed by atoms with van der Waals surface area (Å²) in [6.07, 6.45) is 4.08. The molecule has 3 unspecified atom stereocenters. The largest absolute Gasteiger partial charge is 0.376 e. The van der Waals surface area contributed by atoms with Crippen molar-refractivity contribution in [3.63, 3.8) is 0 Å². The Morgan fingerprint density at radius 2 is 2.47 bits per heavy atom. The highest BCUT2D eigenvalue weighted by molar-refractivity contribution is 9.10. The molecule has 2 heterocycles. The van der Waals surface area contributed by atoms with Gasteiger partial charge in [0.2, 0.25) is 0 Å². The van der Waals surface area contributed by atoms with Crippen LogP contribution in [0.2, 0.25) is 0 Å². The summed E-state index contributed by atoms with van der Waals surface area (Å²) in [5, 5.41) is 4.36. The van der Waals surface area contributed by atoms with Crippen LogP contribution < -0.4 is 5.73 Å². The Morgan fingerprint density at radius 1 is 1.71 bits per heavy atom. The van der Waals surface area contributed by atoms with Gasteiger partial charge in [0.05, 0.1) is 28.5 Å². The first-order chi connectivity index (χ1) is 8.15. The molecule has 1 saturated heterocycles. The van der Waals surface area contributed by atoms with Crippen molar-refractivity contribution in [1.82, 2.24) is 9.78 Å². The van der Waals surface area contributed by atoms with Crippen LogP contribution in [0.1, 0.15) is 38.4 Å². The van der Waals surface area contributed by atoms with Crippen LogP contribution in [0, 0.1) is 5.92 Å². The number of hydrogen-bond acceptors (Lipinski definition) is 3. The molecule has 1 aliphatic rings. The number of aryl methyl sites for hydroxylation is 1. The molecule has 2 rings (SSSR count). The third-order valence-electron chi connectivity index (χ3n) is 3.38. The second-order valence-electron chi connectivity index (χ2n) is 4.73. The molecule has 0 aromatic carbocycles. The average molecular weight is 302 g/mol. The summed E-state index contributed by atoms with van der Waals surface area (Å²) in [5.41, 5.74) is 7.41. The van der Waals surface area contributed by atoms with Crippen LogP contribution in [0.15, 0.2) is 10.7 Å². The molecule has 0 bridgehead atoms. The lowest BCUT2D eigenvalue weighted by atomic mass is 9.96. The highest BCUT2D eigenvalue weighted by Crippen LogP contribution is 2.32. The zero-order chi connectivity index (χ0) is 12.4. The van der Waals surface area contributed by atoms with E-state index in [4.69, 9.17) is 10.5 Å². The Hall–Kier alpha value is -0.390. The Balaban J connectivity index is 2.22. The normalized spacial score (nSPS) is 26.4. The van der Waals surface area contributed by atoms with E-state index in [0.717, 1.165) is 36.2 Å². The van der Waals surface area contributed by atoms with E-state index in [1.165, 1.54) is 0 Å². The van der Waals surface area contributed by atoms with Gasteiger partial charge in [-0.15, -0.1) is 0 Å². The molecule has 4 nitrogen and oxygen atoms in total. The maximum atomic E-state index is 6.35. The summed E-state index contributed by atoms with van der Waals surface area (Å²) in [6.45, 7) is 6.06. The fourth-order valence-electron chi connectivity index (χ4n) is 2.43. The van der Waals surface area contributed by atoms with Gasteiger partial charge in [0.15, 0.2) is 0 Å². The first kappa shape index (κ1) is 13.1. The summed E-state index contributed by atoms with van der Waals surface area (Å²) in [7, 11) is 0. The van der Waals surface area contributed by atoms with Crippen molar-refractivity contribution in [3.05, 3.63) is 16.4 Å². The molecule has 0 aliphatic carbocycles. The van der Waals surface area contributed by atoms with Gasteiger partial charge in [-0.3, -0.25) is 4.68 Å². The Labute approximate surface area is 111 Å². The van der Waals surface area contributed by atoms with Gasteiger partial charge in [-0.1, -0.05) is 13.8 Å². The van der Waals surface area contributed by atoms with Gasteiger partial charge in [-0.25, -0.2) is 0 Å². The molecule has 0 saturated carbocycles. The Morgan fingerprint density at radius 3 is 3.06 bits per heavy atom. The summed E-state index contributed by atoms with van der Waals surface area (Å²) in [5.74, 6) is 0.516. The molecule has 17 heavy (non-hydrogen) atoms. The quantitative estimate of drug-likeness (QED) is 0.929. The van der Waals surface area contributed by atoms with E-state index in [0.29, 0.717) is 5.92 Å². The van der Waals surface area contributed by atoms with E-state index in [1.54, 1.807) is 0 Å². The van der Waals surface area contributed by atoms with Crippen LogP contribution in [0.3, 0.4) is 0 Å². The zero-order valence-corrected chi connectivity index (χ0v) is 12.0. The molecule has 96 valence electrons. The van der Waals surface area contributed by atoms with Crippen molar-refractivity contribution >= 4 is 15.9 Å². The van der Waals surface area contributed by atoms with E-state index in [1.807, 2.05) is 10.9 Å². The molecular weight excluding hydrogens is 282 g/mol. The van der Waals surface area contributed by atoms with Crippen molar-refractivity contribution < 1.29 is 4.74 Å². The maximum absolute atomic E-state index is 6.35. The van der Waals surface area contributed by atoms with Gasteiger partial charge >= 0.3 is 0 Å². The van der Waals surface area contributed by atoms with Gasteiger partial charge in [-0.2, -0.15) is 5.10 Å². The number of nitrogens with zero attached hydrogens (tertiary/aromatic N) is 2. The lowest BCUT2D eigenvalue weighted by Gasteiger charge is -2.23. The van der Waals surface area contributed by atoms with Crippen LogP contribution in [0.25, 0.3) is 0 Å². The zero-order valence-electron chi connectivity index (χ0n) is 10.4. The van der Waals surface area contributed by atoms with Gasteiger partial charge < -0.3 is 10.5 Å². The predicted octanol–water partition coefficient (Wildman–Crippen LogP) is 2.48. The van der Waals surface area contributed by atoms with Crippen LogP contribution in [0.4, 0.5) is 0 Å². The Bertz CT molecular complexity index is 380. The molecular formula is C12H20BrN3O. The third kappa shape index (κ3) is 2.56. The predicted molar refractivity (Wildman–Crippen MR) is 70.7 cm³/mol. The highest BCUT2D eigenvalue weighted by atomic mass is 79.9. The molecule has 1 aliphatic heterocycles. The number of nitrogens with two attached hydrogens (primary N) is 1. The lowest BCUT2D eigenvalue weighted by Crippen LogP contribution is -2.32. The second kappa shape index (κ2) is 5.50. The fraction of sp³-hybridized carbons (Fsp3) is 0.750. The third-order valence-corrected chi connectivity index (χ3v) is 3.99. The van der Waals surface area contributed by atoms with E-state index in [-0.39, 0.29) is 12.1 Å². The van der Waals surface area contributed by atoms with Crippen LogP contribution >= 0.6 is 15.9 Å². The highest BCUT2D eigenvalue weighted by Gasteiger charge is 2.33. The minimum atomic E-state index is -0.101. The number of hydrogen-bond donors (Lipinski definition) is 1. The van der Waals surface area contributed by atoms with Crippen LogP contribution in [-0.2, 0) is 11.3 Å². The van der Waals surface area contributed by atoms with Crippen molar-refractivity contribution in [1.29, 1.82) is 0 Å². The molecule has 0 spiro atoms. The SMILES string of the molecule is CCCn1ncc(Br)c1C(N)C1OCCC1C. The number of halogens is 1. The second-order valence-corrected chi connectivity index (χ2v) is 5.58. The van der Waals surface area contributed by atoms with Crippen molar-refractivity contribution in [3.8, 4) is 0 Å². The molecule has 0 amide bonds. The molecule has 1 fully saturated rings. The van der Waals surface area contributed by atoms with Gasteiger partial charge in [0.1, 0.15) is 0 Å². The molecule has 3 atom stereocenters. The monoisotopic (exact) mass is 301 g/mol. The fourth-order valence-corrected chi connectivity index (χ4v) is 2.99. The maximum Gasteiger partial charge on any atom is 0.0809 e. The Kier molecular flexibility index (Phi) is 4.22. The molecule has 5 heteroatoms. The average Bonchev–Trinajstić information content (AvgIpc) is 2.86. The van der Waals surface area contributed by atoms with Crippen molar-refractivity contribution in [2.24, 2.45) is 11.7 Å². The summed E-state index contributed by atoms with van der Waals surface area (Å²) < 4.78 is 8.73. The topological polar surface area (TPSA) is 53.1 Å². The molecule has 1 aromatic rings. The van der Waals surface area contributed by atoms with Gasteiger partial charge in [0, 0.05) is 13.2 Å². The number of ether oxygens (including phenoxy) is 1. The summed E-state index contributed by atoms with van der Waals surface area (Å²) in [4.78, 5) is 0. The first-order valence-corrected chi connectivity index (χ1v) is 7.02. The molecule has 2 N–H and O–H groups in total. The minimum Gasteiger partial charge on any atom is -0.376 e.